The third-order valence-electron chi connectivity index (χ3n) is 11.2. The molecule has 0 spiro atoms. The zero-order valence-electron chi connectivity index (χ0n) is 23.4. The fourth-order valence-corrected chi connectivity index (χ4v) is 9.15. The minimum Gasteiger partial charge on any atom is -0.458 e. The molecule has 2 amide bonds. The van der Waals surface area contributed by atoms with E-state index in [1.54, 1.807) is 6.92 Å². The number of carbonyl (C=O) groups is 4. The lowest BCUT2D eigenvalue weighted by Crippen LogP contribution is -2.56. The Morgan fingerprint density at radius 3 is 2.32 bits per heavy atom. The number of Topliss-reactive ketones (excluding diaryl/α,β-unsaturated/α-hetero) is 1. The normalized spacial score (nSPS) is 40.5. The van der Waals surface area contributed by atoms with E-state index in [0.717, 1.165) is 38.5 Å². The van der Waals surface area contributed by atoms with Gasteiger partial charge in [0.25, 0.3) is 0 Å². The van der Waals surface area contributed by atoms with Crippen LogP contribution < -0.4 is 11.1 Å². The van der Waals surface area contributed by atoms with Crippen molar-refractivity contribution >= 4 is 23.6 Å². The van der Waals surface area contributed by atoms with E-state index in [0.29, 0.717) is 29.5 Å². The molecule has 0 aromatic carbocycles. The molecule has 0 saturated heterocycles. The molecule has 8 nitrogen and oxygen atoms in total. The highest BCUT2D eigenvalue weighted by atomic mass is 16.6. The van der Waals surface area contributed by atoms with E-state index in [1.165, 1.54) is 31.2 Å². The second-order valence-corrected chi connectivity index (χ2v) is 13.3. The molecule has 0 bridgehead atoms. The topological polar surface area (TPSA) is 119 Å². The van der Waals surface area contributed by atoms with Crippen molar-refractivity contribution in [3.8, 4) is 0 Å². The molecule has 3 N–H and O–H groups in total. The standard InChI is InChI=1S/C29H47N3O5/c1-18(33)21-8-9-22-20-7-6-19-14-27(2,12-13-28(19,3)23(20)10-11-29(21,22)4)37-26(36)17-32(5)25(35)16-31-24(34)15-30/h19-23H,6-17,30H2,1-5H3,(H,31,34)/t19-,20-,21+,22-,23-,27+,28-,29+/m0/s1. The summed E-state index contributed by atoms with van der Waals surface area (Å²) >= 11 is 0. The number of nitrogens with zero attached hydrogens (tertiary/aromatic N) is 1. The monoisotopic (exact) mass is 517 g/mol. The van der Waals surface area contributed by atoms with Gasteiger partial charge in [0, 0.05) is 13.0 Å². The summed E-state index contributed by atoms with van der Waals surface area (Å²) in [6.45, 7) is 8.21. The molecule has 4 saturated carbocycles. The van der Waals surface area contributed by atoms with E-state index >= 15 is 0 Å². The molecule has 4 aliphatic rings. The zero-order chi connectivity index (χ0) is 27.2. The second-order valence-electron chi connectivity index (χ2n) is 13.3. The Kier molecular flexibility index (Phi) is 7.82. The number of carbonyl (C=O) groups excluding carboxylic acids is 4. The minimum atomic E-state index is -0.526. The lowest BCUT2D eigenvalue weighted by molar-refractivity contribution is -0.182. The Labute approximate surface area is 221 Å². The lowest BCUT2D eigenvalue weighted by Gasteiger charge is -2.62. The number of rotatable bonds is 7. The summed E-state index contributed by atoms with van der Waals surface area (Å²) in [5.74, 6) is 2.00. The van der Waals surface area contributed by atoms with Crippen molar-refractivity contribution in [2.75, 3.05) is 26.7 Å². The number of hydrogen-bond donors (Lipinski definition) is 2. The predicted molar refractivity (Wildman–Crippen MR) is 140 cm³/mol. The smallest absolute Gasteiger partial charge is 0.326 e. The van der Waals surface area contributed by atoms with Crippen LogP contribution in [-0.4, -0.2) is 60.7 Å². The van der Waals surface area contributed by atoms with Gasteiger partial charge in [-0.1, -0.05) is 13.8 Å². The highest BCUT2D eigenvalue weighted by Gasteiger charge is 2.61. The third-order valence-corrected chi connectivity index (χ3v) is 11.2. The van der Waals surface area contributed by atoms with Gasteiger partial charge in [-0.3, -0.25) is 19.2 Å². The van der Waals surface area contributed by atoms with Crippen molar-refractivity contribution in [2.45, 2.75) is 91.1 Å². The summed E-state index contributed by atoms with van der Waals surface area (Å²) in [5, 5.41) is 2.43. The third kappa shape index (κ3) is 5.19. The van der Waals surface area contributed by atoms with Crippen LogP contribution >= 0.6 is 0 Å². The number of amides is 2. The molecule has 4 fully saturated rings. The Bertz CT molecular complexity index is 939. The van der Waals surface area contributed by atoms with E-state index in [9.17, 15) is 19.2 Å². The SMILES string of the molecule is CC(=O)[C@H]1CC[C@H]2[C@@H]3CC[C@H]4C[C@](C)(OC(=O)CN(C)C(=O)CNC(=O)CN)CC[C@]4(C)[C@H]3CC[C@]12C. The number of likely N-dealkylation sites (N-methyl/N-ethyl adjacent to an activating group) is 1. The molecule has 4 aliphatic carbocycles. The molecule has 8 atom stereocenters. The number of fused-ring (bicyclic) bond motifs is 5. The van der Waals surface area contributed by atoms with Crippen LogP contribution in [0.4, 0.5) is 0 Å². The quantitative estimate of drug-likeness (QED) is 0.501. The van der Waals surface area contributed by atoms with Crippen molar-refractivity contribution in [1.29, 1.82) is 0 Å². The predicted octanol–water partition coefficient (Wildman–Crippen LogP) is 3.07. The van der Waals surface area contributed by atoms with Crippen molar-refractivity contribution in [3.63, 3.8) is 0 Å². The molecule has 8 heteroatoms. The fraction of sp³-hybridized carbons (Fsp3) is 0.862. The van der Waals surface area contributed by atoms with Crippen LogP contribution in [0, 0.1) is 40.4 Å². The summed E-state index contributed by atoms with van der Waals surface area (Å²) in [5.41, 5.74) is 5.14. The van der Waals surface area contributed by atoms with Gasteiger partial charge in [-0.25, -0.2) is 0 Å². The second kappa shape index (κ2) is 10.3. The van der Waals surface area contributed by atoms with Crippen molar-refractivity contribution in [1.82, 2.24) is 10.2 Å². The Hall–Kier alpha value is -1.96. The van der Waals surface area contributed by atoms with Crippen LogP contribution in [0.2, 0.25) is 0 Å². The van der Waals surface area contributed by atoms with Gasteiger partial charge in [0.1, 0.15) is 17.9 Å². The number of ketones is 1. The summed E-state index contributed by atoms with van der Waals surface area (Å²) < 4.78 is 6.02. The molecule has 0 unspecified atom stereocenters. The summed E-state index contributed by atoms with van der Waals surface area (Å²) in [6, 6.07) is 0. The first-order valence-electron chi connectivity index (χ1n) is 14.3. The van der Waals surface area contributed by atoms with Crippen molar-refractivity contribution in [2.24, 2.45) is 46.2 Å². The summed E-state index contributed by atoms with van der Waals surface area (Å²) in [7, 11) is 1.54. The van der Waals surface area contributed by atoms with Crippen LogP contribution in [0.3, 0.4) is 0 Å². The van der Waals surface area contributed by atoms with E-state index in [2.05, 4.69) is 19.2 Å². The van der Waals surface area contributed by atoms with Crippen LogP contribution in [0.1, 0.15) is 85.5 Å². The first kappa shape index (κ1) is 28.1. The molecular formula is C29H47N3O5. The van der Waals surface area contributed by atoms with E-state index < -0.39 is 17.5 Å². The summed E-state index contributed by atoms with van der Waals surface area (Å²) in [6.07, 6.45) is 9.72. The first-order valence-corrected chi connectivity index (χ1v) is 14.3. The molecule has 0 aromatic heterocycles. The molecule has 4 rings (SSSR count). The molecular weight excluding hydrogens is 470 g/mol. The van der Waals surface area contributed by atoms with Crippen molar-refractivity contribution < 1.29 is 23.9 Å². The van der Waals surface area contributed by atoms with Gasteiger partial charge in [-0.2, -0.15) is 0 Å². The van der Waals surface area contributed by atoms with E-state index in [1.807, 2.05) is 6.92 Å². The van der Waals surface area contributed by atoms with Gasteiger partial charge in [0.15, 0.2) is 0 Å². The average molecular weight is 518 g/mol. The van der Waals surface area contributed by atoms with Gasteiger partial charge in [0.2, 0.25) is 11.8 Å². The molecule has 0 aliphatic heterocycles. The maximum atomic E-state index is 12.8. The number of nitrogens with two attached hydrogens (primary N) is 1. The molecule has 208 valence electrons. The highest BCUT2D eigenvalue weighted by molar-refractivity contribution is 5.87. The van der Waals surface area contributed by atoms with Gasteiger partial charge in [-0.05, 0) is 106 Å². The highest BCUT2D eigenvalue weighted by Crippen LogP contribution is 2.68. The number of ether oxygens (including phenoxy) is 1. The largest absolute Gasteiger partial charge is 0.458 e. The van der Waals surface area contributed by atoms with Gasteiger partial charge < -0.3 is 20.7 Å². The number of nitrogens with one attached hydrogen (secondary N) is 1. The minimum absolute atomic E-state index is 0.142. The van der Waals surface area contributed by atoms with E-state index in [-0.39, 0.29) is 42.3 Å². The number of esters is 1. The Morgan fingerprint density at radius 2 is 1.65 bits per heavy atom. The lowest BCUT2D eigenvalue weighted by atomic mass is 9.44. The molecule has 0 radical (unpaired) electrons. The number of hydrogen-bond acceptors (Lipinski definition) is 6. The van der Waals surface area contributed by atoms with Gasteiger partial charge >= 0.3 is 5.97 Å². The van der Waals surface area contributed by atoms with Crippen LogP contribution in [-0.2, 0) is 23.9 Å². The Morgan fingerprint density at radius 1 is 0.946 bits per heavy atom. The van der Waals surface area contributed by atoms with Gasteiger partial charge in [0.05, 0.1) is 13.1 Å². The van der Waals surface area contributed by atoms with Crippen LogP contribution in [0.5, 0.6) is 0 Å². The first-order chi connectivity index (χ1) is 17.3. The van der Waals surface area contributed by atoms with E-state index in [4.69, 9.17) is 10.5 Å². The zero-order valence-corrected chi connectivity index (χ0v) is 23.4. The fourth-order valence-electron chi connectivity index (χ4n) is 9.15. The molecule has 0 aromatic rings. The van der Waals surface area contributed by atoms with Gasteiger partial charge in [-0.15, -0.1) is 0 Å². The van der Waals surface area contributed by atoms with Crippen molar-refractivity contribution in [3.05, 3.63) is 0 Å². The Balaban J connectivity index is 1.36. The average Bonchev–Trinajstić information content (AvgIpc) is 3.20. The maximum Gasteiger partial charge on any atom is 0.326 e. The van der Waals surface area contributed by atoms with Crippen LogP contribution in [0.25, 0.3) is 0 Å². The summed E-state index contributed by atoms with van der Waals surface area (Å²) in [4.78, 5) is 50.0. The maximum absolute atomic E-state index is 12.8. The van der Waals surface area contributed by atoms with Crippen LogP contribution in [0.15, 0.2) is 0 Å². The molecule has 0 heterocycles. The molecule has 37 heavy (non-hydrogen) atoms.